The van der Waals surface area contributed by atoms with Gasteiger partial charge in [0.25, 0.3) is 0 Å². The van der Waals surface area contributed by atoms with Crippen LogP contribution in [0.1, 0.15) is 40.0 Å². The van der Waals surface area contributed by atoms with Crippen LogP contribution < -0.4 is 15.4 Å². The fraction of sp³-hybridized carbons (Fsp3) is 0.516. The SMILES string of the molecule is CCOc1ccc(NC(=O)[C@@H]2[C@H]3C(=O)N(CCCCO)C(C(=O)NCn4nnc5ccccc54)C34CC(C)[C@@]2(C)O4)cc1. The summed E-state index contributed by atoms with van der Waals surface area (Å²) in [5.41, 5.74) is -0.0433. The Kier molecular flexibility index (Phi) is 7.59. The van der Waals surface area contributed by atoms with E-state index in [2.05, 4.69) is 20.9 Å². The van der Waals surface area contributed by atoms with Crippen molar-refractivity contribution in [2.24, 2.45) is 17.8 Å². The summed E-state index contributed by atoms with van der Waals surface area (Å²) >= 11 is 0. The van der Waals surface area contributed by atoms with Crippen LogP contribution in [-0.2, 0) is 25.8 Å². The third-order valence-electron chi connectivity index (χ3n) is 9.41. The van der Waals surface area contributed by atoms with Gasteiger partial charge in [0.1, 0.15) is 29.6 Å². The van der Waals surface area contributed by atoms with Crippen molar-refractivity contribution >= 4 is 34.4 Å². The molecule has 228 valence electrons. The molecule has 0 aliphatic carbocycles. The van der Waals surface area contributed by atoms with Crippen molar-refractivity contribution in [3.05, 3.63) is 48.5 Å². The van der Waals surface area contributed by atoms with Gasteiger partial charge in [0.15, 0.2) is 0 Å². The average Bonchev–Trinajstić information content (AvgIpc) is 3.66. The topological polar surface area (TPSA) is 148 Å². The molecule has 43 heavy (non-hydrogen) atoms. The molecule has 6 atom stereocenters. The molecule has 3 fully saturated rings. The van der Waals surface area contributed by atoms with Crippen LogP contribution in [0, 0.1) is 17.8 Å². The summed E-state index contributed by atoms with van der Waals surface area (Å²) in [6, 6.07) is 13.6. The number of rotatable bonds is 11. The predicted octanol–water partition coefficient (Wildman–Crippen LogP) is 2.33. The minimum Gasteiger partial charge on any atom is -0.494 e. The quantitative estimate of drug-likeness (QED) is 0.288. The predicted molar refractivity (Wildman–Crippen MR) is 157 cm³/mol. The number of unbranched alkanes of at least 4 members (excludes halogenated alkanes) is 1. The highest BCUT2D eigenvalue weighted by Gasteiger charge is 2.79. The number of aliphatic hydroxyl groups excluding tert-OH is 1. The first-order valence-corrected chi connectivity index (χ1v) is 14.9. The minimum absolute atomic E-state index is 0.0223. The van der Waals surface area contributed by atoms with Crippen molar-refractivity contribution in [1.29, 1.82) is 0 Å². The highest BCUT2D eigenvalue weighted by atomic mass is 16.5. The summed E-state index contributed by atoms with van der Waals surface area (Å²) in [5, 5.41) is 23.7. The zero-order valence-corrected chi connectivity index (χ0v) is 24.7. The lowest BCUT2D eigenvalue weighted by Crippen LogP contribution is -2.56. The molecular weight excluding hydrogens is 552 g/mol. The number of fused-ring (bicyclic) bond motifs is 2. The van der Waals surface area contributed by atoms with E-state index in [-0.39, 0.29) is 43.5 Å². The maximum Gasteiger partial charge on any atom is 0.247 e. The molecule has 1 aromatic heterocycles. The van der Waals surface area contributed by atoms with Crippen LogP contribution in [-0.4, -0.2) is 79.7 Å². The Hall–Kier alpha value is -4.03. The van der Waals surface area contributed by atoms with Crippen molar-refractivity contribution in [2.75, 3.05) is 25.1 Å². The number of para-hydroxylation sites is 1. The highest BCUT2D eigenvalue weighted by Crippen LogP contribution is 2.65. The number of amides is 3. The summed E-state index contributed by atoms with van der Waals surface area (Å²) in [7, 11) is 0. The van der Waals surface area contributed by atoms with E-state index < -0.39 is 29.1 Å². The van der Waals surface area contributed by atoms with Crippen LogP contribution >= 0.6 is 0 Å². The zero-order valence-electron chi connectivity index (χ0n) is 24.7. The van der Waals surface area contributed by atoms with Gasteiger partial charge >= 0.3 is 0 Å². The van der Waals surface area contributed by atoms with Crippen LogP contribution in [0.2, 0.25) is 0 Å². The van der Waals surface area contributed by atoms with E-state index in [1.165, 1.54) is 0 Å². The van der Waals surface area contributed by atoms with E-state index in [9.17, 15) is 19.5 Å². The fourth-order valence-electron chi connectivity index (χ4n) is 7.38. The molecular formula is C31H38N6O6. The molecule has 4 heterocycles. The molecule has 3 saturated heterocycles. The van der Waals surface area contributed by atoms with Gasteiger partial charge in [-0.15, -0.1) is 5.10 Å². The number of anilines is 1. The highest BCUT2D eigenvalue weighted by molar-refractivity contribution is 6.02. The van der Waals surface area contributed by atoms with Crippen molar-refractivity contribution in [3.63, 3.8) is 0 Å². The molecule has 3 aliphatic heterocycles. The Labute approximate surface area is 249 Å². The second-order valence-corrected chi connectivity index (χ2v) is 11.9. The van der Waals surface area contributed by atoms with Crippen LogP contribution in [0.5, 0.6) is 5.75 Å². The smallest absolute Gasteiger partial charge is 0.247 e. The minimum atomic E-state index is -1.17. The maximum atomic E-state index is 14.2. The summed E-state index contributed by atoms with van der Waals surface area (Å²) in [6.45, 7) is 6.63. The standard InChI is InChI=1S/C31H38N6O6/c1-4-42-21-13-11-20(12-14-21)33-27(39)24-25-29(41)36(15-7-8-16-38)26(31(25)17-19(2)30(24,3)43-31)28(40)32-18-37-23-10-6-5-9-22(23)34-35-37/h5-6,9-14,19,24-26,38H,4,7-8,15-18H2,1-3H3,(H,32,40)(H,33,39)/t19?,24-,25-,26?,30+,31?/m0/s1. The number of benzene rings is 2. The molecule has 2 aromatic carbocycles. The number of nitrogens with one attached hydrogen (secondary N) is 2. The van der Waals surface area contributed by atoms with Gasteiger partial charge in [-0.1, -0.05) is 24.3 Å². The lowest BCUT2D eigenvalue weighted by molar-refractivity contribution is -0.146. The number of likely N-dealkylation sites (tertiary alicyclic amines) is 1. The van der Waals surface area contributed by atoms with E-state index in [0.29, 0.717) is 42.8 Å². The van der Waals surface area contributed by atoms with Gasteiger partial charge in [0.2, 0.25) is 17.7 Å². The molecule has 3 amide bonds. The first-order valence-electron chi connectivity index (χ1n) is 14.9. The Morgan fingerprint density at radius 1 is 1.14 bits per heavy atom. The normalized spacial score (nSPS) is 29.2. The third-order valence-corrected chi connectivity index (χ3v) is 9.41. The van der Waals surface area contributed by atoms with Crippen LogP contribution in [0.3, 0.4) is 0 Å². The number of carbonyl (C=O) groups excluding carboxylic acids is 3. The number of ether oxygens (including phenoxy) is 2. The Bertz CT molecular complexity index is 1530. The molecule has 12 heteroatoms. The van der Waals surface area contributed by atoms with Crippen LogP contribution in [0.15, 0.2) is 48.5 Å². The summed E-state index contributed by atoms with van der Waals surface area (Å²) in [6.07, 6.45) is 1.46. The number of hydrogen-bond donors (Lipinski definition) is 3. The molecule has 0 radical (unpaired) electrons. The fourth-order valence-corrected chi connectivity index (χ4v) is 7.38. The molecule has 1 spiro atoms. The summed E-state index contributed by atoms with van der Waals surface area (Å²) in [4.78, 5) is 43.8. The lowest BCUT2D eigenvalue weighted by atomic mass is 9.62. The summed E-state index contributed by atoms with van der Waals surface area (Å²) < 4.78 is 13.9. The van der Waals surface area contributed by atoms with Gasteiger partial charge in [-0.2, -0.15) is 0 Å². The first kappa shape index (κ1) is 29.1. The Morgan fingerprint density at radius 3 is 2.65 bits per heavy atom. The third kappa shape index (κ3) is 4.72. The van der Waals surface area contributed by atoms with E-state index in [1.54, 1.807) is 33.8 Å². The second kappa shape index (κ2) is 11.2. The van der Waals surface area contributed by atoms with Gasteiger partial charge in [0.05, 0.1) is 29.6 Å². The lowest BCUT2D eigenvalue weighted by Gasteiger charge is -2.36. The second-order valence-electron chi connectivity index (χ2n) is 11.9. The first-order chi connectivity index (χ1) is 20.7. The molecule has 0 saturated carbocycles. The van der Waals surface area contributed by atoms with E-state index in [0.717, 1.165) is 5.52 Å². The number of hydrogen-bond acceptors (Lipinski definition) is 8. The zero-order chi connectivity index (χ0) is 30.4. The number of nitrogens with zero attached hydrogens (tertiary/aromatic N) is 4. The van der Waals surface area contributed by atoms with Gasteiger partial charge in [-0.05, 0) is 75.4 Å². The van der Waals surface area contributed by atoms with Crippen LogP contribution in [0.4, 0.5) is 5.69 Å². The molecule has 3 aliphatic rings. The maximum absolute atomic E-state index is 14.2. The molecule has 12 nitrogen and oxygen atoms in total. The Balaban J connectivity index is 1.29. The van der Waals surface area contributed by atoms with Crippen LogP contribution in [0.25, 0.3) is 11.0 Å². The van der Waals surface area contributed by atoms with Gasteiger partial charge in [0, 0.05) is 18.8 Å². The van der Waals surface area contributed by atoms with Gasteiger partial charge < -0.3 is 30.1 Å². The van der Waals surface area contributed by atoms with Gasteiger partial charge in [-0.3, -0.25) is 14.4 Å². The molecule has 3 N–H and O–H groups in total. The monoisotopic (exact) mass is 590 g/mol. The van der Waals surface area contributed by atoms with E-state index in [1.807, 2.05) is 45.0 Å². The number of carbonyl (C=O) groups is 3. The van der Waals surface area contributed by atoms with Crippen molar-refractivity contribution < 1.29 is 29.0 Å². The van der Waals surface area contributed by atoms with Crippen molar-refractivity contribution in [2.45, 2.75) is 63.9 Å². The van der Waals surface area contributed by atoms with Gasteiger partial charge in [-0.25, -0.2) is 4.68 Å². The van der Waals surface area contributed by atoms with E-state index in [4.69, 9.17) is 9.47 Å². The van der Waals surface area contributed by atoms with Crippen molar-refractivity contribution in [1.82, 2.24) is 25.2 Å². The molecule has 3 unspecified atom stereocenters. The molecule has 3 aromatic rings. The Morgan fingerprint density at radius 2 is 1.91 bits per heavy atom. The number of aliphatic hydroxyl groups is 1. The molecule has 2 bridgehead atoms. The van der Waals surface area contributed by atoms with E-state index >= 15 is 0 Å². The largest absolute Gasteiger partial charge is 0.494 e. The number of aromatic nitrogens is 3. The summed E-state index contributed by atoms with van der Waals surface area (Å²) in [5.74, 6) is -1.97. The molecule has 6 rings (SSSR count). The van der Waals surface area contributed by atoms with Crippen molar-refractivity contribution in [3.8, 4) is 5.75 Å². The average molecular weight is 591 g/mol.